The standard InChI is InChI=1S/C16H18N2O3/c19-15(21-10-11-8-9-11)7-3-6-14-17-13-5-2-1-4-12(13)16(20)18-14/h1-2,4-5,11H,3,6-10H2,(H,17,18,20). The van der Waals surface area contributed by atoms with Crippen molar-refractivity contribution in [3.05, 3.63) is 40.4 Å². The lowest BCUT2D eigenvalue weighted by Gasteiger charge is -2.04. The van der Waals surface area contributed by atoms with Gasteiger partial charge in [-0.3, -0.25) is 9.59 Å². The molecule has 1 aromatic carbocycles. The van der Waals surface area contributed by atoms with E-state index in [2.05, 4.69) is 9.97 Å². The largest absolute Gasteiger partial charge is 0.465 e. The summed E-state index contributed by atoms with van der Waals surface area (Å²) >= 11 is 0. The molecule has 2 aromatic rings. The van der Waals surface area contributed by atoms with Gasteiger partial charge in [0.1, 0.15) is 5.82 Å². The molecule has 1 aliphatic rings. The van der Waals surface area contributed by atoms with Gasteiger partial charge < -0.3 is 9.72 Å². The van der Waals surface area contributed by atoms with Crippen LogP contribution in [0.5, 0.6) is 0 Å². The van der Waals surface area contributed by atoms with Crippen LogP contribution in [0.25, 0.3) is 10.9 Å². The first-order chi connectivity index (χ1) is 10.2. The van der Waals surface area contributed by atoms with E-state index in [1.807, 2.05) is 18.2 Å². The van der Waals surface area contributed by atoms with Crippen molar-refractivity contribution in [2.75, 3.05) is 6.61 Å². The summed E-state index contributed by atoms with van der Waals surface area (Å²) in [4.78, 5) is 30.6. The summed E-state index contributed by atoms with van der Waals surface area (Å²) in [7, 11) is 0. The van der Waals surface area contributed by atoms with Crippen LogP contribution < -0.4 is 5.56 Å². The Morgan fingerprint density at radius 3 is 2.95 bits per heavy atom. The zero-order chi connectivity index (χ0) is 14.7. The summed E-state index contributed by atoms with van der Waals surface area (Å²) in [5, 5.41) is 0.588. The number of esters is 1. The van der Waals surface area contributed by atoms with Gasteiger partial charge in [0, 0.05) is 12.8 Å². The van der Waals surface area contributed by atoms with E-state index in [1.165, 1.54) is 12.8 Å². The van der Waals surface area contributed by atoms with Gasteiger partial charge in [0.05, 0.1) is 17.5 Å². The second kappa shape index (κ2) is 6.08. The van der Waals surface area contributed by atoms with E-state index in [9.17, 15) is 9.59 Å². The molecule has 1 fully saturated rings. The SMILES string of the molecule is O=C(CCCc1nc2ccccc2c(=O)[nH]1)OCC1CC1. The van der Waals surface area contributed by atoms with Crippen LogP contribution in [0.3, 0.4) is 0 Å². The van der Waals surface area contributed by atoms with Gasteiger partial charge in [0.2, 0.25) is 0 Å². The highest BCUT2D eigenvalue weighted by molar-refractivity contribution is 5.77. The van der Waals surface area contributed by atoms with Gasteiger partial charge in [-0.1, -0.05) is 12.1 Å². The lowest BCUT2D eigenvalue weighted by atomic mass is 10.2. The molecule has 0 saturated heterocycles. The fourth-order valence-electron chi connectivity index (χ4n) is 2.22. The fourth-order valence-corrected chi connectivity index (χ4v) is 2.22. The van der Waals surface area contributed by atoms with Crippen LogP contribution in [0.4, 0.5) is 0 Å². The van der Waals surface area contributed by atoms with Crippen molar-refractivity contribution >= 4 is 16.9 Å². The van der Waals surface area contributed by atoms with E-state index < -0.39 is 0 Å². The Bertz CT molecular complexity index is 704. The minimum atomic E-state index is -0.162. The Hall–Kier alpha value is -2.17. The number of nitrogens with zero attached hydrogens (tertiary/aromatic N) is 1. The number of aryl methyl sites for hydroxylation is 1. The molecule has 0 radical (unpaired) electrons. The van der Waals surface area contributed by atoms with Crippen LogP contribution in [-0.2, 0) is 16.0 Å². The molecule has 0 unspecified atom stereocenters. The number of rotatable bonds is 6. The van der Waals surface area contributed by atoms with E-state index in [0.29, 0.717) is 48.5 Å². The highest BCUT2D eigenvalue weighted by Crippen LogP contribution is 2.28. The van der Waals surface area contributed by atoms with Gasteiger partial charge in [-0.25, -0.2) is 4.98 Å². The summed E-state index contributed by atoms with van der Waals surface area (Å²) in [5.41, 5.74) is 0.555. The summed E-state index contributed by atoms with van der Waals surface area (Å²) in [6, 6.07) is 7.24. The molecule has 3 rings (SSSR count). The van der Waals surface area contributed by atoms with Gasteiger partial charge >= 0.3 is 5.97 Å². The number of benzene rings is 1. The number of H-pyrrole nitrogens is 1. The molecule has 0 bridgehead atoms. The Labute approximate surface area is 122 Å². The average molecular weight is 286 g/mol. The predicted octanol–water partition coefficient (Wildman–Crippen LogP) is 2.20. The minimum absolute atomic E-state index is 0.132. The Morgan fingerprint density at radius 2 is 2.14 bits per heavy atom. The number of ether oxygens (including phenoxy) is 1. The lowest BCUT2D eigenvalue weighted by molar-refractivity contribution is -0.144. The van der Waals surface area contributed by atoms with Gasteiger partial charge in [-0.05, 0) is 37.3 Å². The van der Waals surface area contributed by atoms with E-state index in [1.54, 1.807) is 6.07 Å². The molecular formula is C16H18N2O3. The molecule has 5 heteroatoms. The molecular weight excluding hydrogens is 268 g/mol. The van der Waals surface area contributed by atoms with Crippen molar-refractivity contribution in [3.8, 4) is 0 Å². The van der Waals surface area contributed by atoms with Crippen LogP contribution in [0, 0.1) is 5.92 Å². The number of hydrogen-bond acceptors (Lipinski definition) is 4. The molecule has 110 valence electrons. The second-order valence-corrected chi connectivity index (χ2v) is 5.51. The number of carbonyl (C=O) groups is 1. The molecule has 1 N–H and O–H groups in total. The zero-order valence-electron chi connectivity index (χ0n) is 11.8. The molecule has 1 aliphatic carbocycles. The van der Waals surface area contributed by atoms with Crippen molar-refractivity contribution in [2.45, 2.75) is 32.1 Å². The normalized spacial score (nSPS) is 14.3. The van der Waals surface area contributed by atoms with Gasteiger partial charge in [0.15, 0.2) is 0 Å². The Balaban J connectivity index is 1.55. The number of hydrogen-bond donors (Lipinski definition) is 1. The monoisotopic (exact) mass is 286 g/mol. The van der Waals surface area contributed by atoms with Crippen LogP contribution in [0.1, 0.15) is 31.5 Å². The molecule has 0 aliphatic heterocycles. The third kappa shape index (κ3) is 3.68. The van der Waals surface area contributed by atoms with Gasteiger partial charge in [-0.15, -0.1) is 0 Å². The number of carbonyl (C=O) groups excluding carboxylic acids is 1. The molecule has 0 amide bonds. The number of para-hydroxylation sites is 1. The van der Waals surface area contributed by atoms with E-state index in [0.717, 1.165) is 0 Å². The smallest absolute Gasteiger partial charge is 0.305 e. The summed E-state index contributed by atoms with van der Waals surface area (Å²) < 4.78 is 5.17. The van der Waals surface area contributed by atoms with Crippen LogP contribution in [-0.4, -0.2) is 22.5 Å². The summed E-state index contributed by atoms with van der Waals surface area (Å²) in [6.45, 7) is 0.559. The topological polar surface area (TPSA) is 72.0 Å². The predicted molar refractivity (Wildman–Crippen MR) is 79.0 cm³/mol. The number of fused-ring (bicyclic) bond motifs is 1. The van der Waals surface area contributed by atoms with Crippen molar-refractivity contribution in [1.29, 1.82) is 0 Å². The van der Waals surface area contributed by atoms with E-state index in [4.69, 9.17) is 4.74 Å². The highest BCUT2D eigenvalue weighted by Gasteiger charge is 2.22. The maximum absolute atomic E-state index is 11.9. The minimum Gasteiger partial charge on any atom is -0.465 e. The van der Waals surface area contributed by atoms with Crippen molar-refractivity contribution < 1.29 is 9.53 Å². The van der Waals surface area contributed by atoms with Gasteiger partial charge in [-0.2, -0.15) is 0 Å². The highest BCUT2D eigenvalue weighted by atomic mass is 16.5. The fraction of sp³-hybridized carbons (Fsp3) is 0.438. The quantitative estimate of drug-likeness (QED) is 0.826. The Morgan fingerprint density at radius 1 is 1.33 bits per heavy atom. The van der Waals surface area contributed by atoms with E-state index in [-0.39, 0.29) is 11.5 Å². The molecule has 1 heterocycles. The van der Waals surface area contributed by atoms with Crippen LogP contribution in [0.2, 0.25) is 0 Å². The molecule has 21 heavy (non-hydrogen) atoms. The first-order valence-electron chi connectivity index (χ1n) is 7.36. The van der Waals surface area contributed by atoms with Crippen LogP contribution in [0.15, 0.2) is 29.1 Å². The van der Waals surface area contributed by atoms with Crippen LogP contribution >= 0.6 is 0 Å². The average Bonchev–Trinajstić information content (AvgIpc) is 3.29. The number of aromatic amines is 1. The van der Waals surface area contributed by atoms with Crippen molar-refractivity contribution in [1.82, 2.24) is 9.97 Å². The lowest BCUT2D eigenvalue weighted by Crippen LogP contribution is -2.12. The zero-order valence-corrected chi connectivity index (χ0v) is 11.8. The third-order valence-corrected chi connectivity index (χ3v) is 3.63. The summed E-state index contributed by atoms with van der Waals surface area (Å²) in [6.07, 6.45) is 3.91. The van der Waals surface area contributed by atoms with Crippen molar-refractivity contribution in [3.63, 3.8) is 0 Å². The molecule has 0 atom stereocenters. The summed E-state index contributed by atoms with van der Waals surface area (Å²) in [5.74, 6) is 1.05. The first kappa shape index (κ1) is 13.8. The number of aromatic nitrogens is 2. The number of nitrogens with one attached hydrogen (secondary N) is 1. The molecule has 5 nitrogen and oxygen atoms in total. The molecule has 1 saturated carbocycles. The maximum atomic E-state index is 11.9. The van der Waals surface area contributed by atoms with Crippen molar-refractivity contribution in [2.24, 2.45) is 5.92 Å². The third-order valence-electron chi connectivity index (χ3n) is 3.63. The molecule has 1 aromatic heterocycles. The maximum Gasteiger partial charge on any atom is 0.305 e. The second-order valence-electron chi connectivity index (χ2n) is 5.51. The van der Waals surface area contributed by atoms with Gasteiger partial charge in [0.25, 0.3) is 5.56 Å². The Kier molecular flexibility index (Phi) is 3.99. The first-order valence-corrected chi connectivity index (χ1v) is 7.36. The van der Waals surface area contributed by atoms with E-state index >= 15 is 0 Å². The molecule has 0 spiro atoms.